The van der Waals surface area contributed by atoms with Crippen LogP contribution in [0, 0.1) is 16.0 Å². The van der Waals surface area contributed by atoms with Crippen molar-refractivity contribution in [3.05, 3.63) is 75.8 Å². The van der Waals surface area contributed by atoms with Crippen molar-refractivity contribution in [2.45, 2.75) is 31.8 Å². The minimum absolute atomic E-state index is 0.0443. The number of benzene rings is 2. The van der Waals surface area contributed by atoms with Crippen molar-refractivity contribution in [2.24, 2.45) is 5.92 Å². The van der Waals surface area contributed by atoms with Gasteiger partial charge in [0, 0.05) is 18.1 Å². The molecule has 1 fully saturated rings. The monoisotopic (exact) mass is 325 g/mol. The highest BCUT2D eigenvalue weighted by Gasteiger charge is 2.50. The maximum atomic E-state index is 12.3. The van der Waals surface area contributed by atoms with Gasteiger partial charge in [-0.1, -0.05) is 30.3 Å². The molecule has 0 heterocycles. The average molecular weight is 325 g/mol. The molecule has 0 saturated heterocycles. The first-order valence-corrected chi connectivity index (χ1v) is 7.91. The fourth-order valence-electron chi connectivity index (χ4n) is 3.12. The highest BCUT2D eigenvalue weighted by atomic mass is 16.6. The average Bonchev–Trinajstić information content (AvgIpc) is 3.37. The van der Waals surface area contributed by atoms with E-state index >= 15 is 0 Å². The van der Waals surface area contributed by atoms with Crippen LogP contribution in [0.15, 0.2) is 54.6 Å². The van der Waals surface area contributed by atoms with Crippen molar-refractivity contribution in [3.8, 4) is 0 Å². The molecule has 2 atom stereocenters. The number of hydrogen-bond acceptors (Lipinski definition) is 4. The molecule has 5 heteroatoms. The number of ether oxygens (including phenoxy) is 1. The fraction of sp³-hybridized carbons (Fsp3) is 0.316. The standard InChI is InChI=1S/C19H19NO4/c1-19(2,17-12-16(17)13-6-4-3-5-7-13)24-18(21)14-8-10-15(11-9-14)20(22)23/h3-11,16-17H,12H2,1-2H3/t16-,17+/m0/s1. The zero-order valence-corrected chi connectivity index (χ0v) is 13.6. The highest BCUT2D eigenvalue weighted by molar-refractivity contribution is 5.90. The number of carbonyl (C=O) groups is 1. The van der Waals surface area contributed by atoms with Gasteiger partial charge < -0.3 is 4.74 Å². The highest BCUT2D eigenvalue weighted by Crippen LogP contribution is 2.54. The van der Waals surface area contributed by atoms with Crippen LogP contribution < -0.4 is 0 Å². The molecule has 0 aromatic heterocycles. The number of nitrogens with zero attached hydrogens (tertiary/aromatic N) is 1. The van der Waals surface area contributed by atoms with E-state index in [1.54, 1.807) is 0 Å². The van der Waals surface area contributed by atoms with E-state index in [1.165, 1.54) is 29.8 Å². The molecule has 0 spiro atoms. The molecule has 0 unspecified atom stereocenters. The van der Waals surface area contributed by atoms with Gasteiger partial charge in [0.25, 0.3) is 5.69 Å². The molecule has 124 valence electrons. The topological polar surface area (TPSA) is 69.4 Å². The van der Waals surface area contributed by atoms with E-state index in [9.17, 15) is 14.9 Å². The van der Waals surface area contributed by atoms with E-state index in [4.69, 9.17) is 4.74 Å². The van der Waals surface area contributed by atoms with Crippen molar-refractivity contribution < 1.29 is 14.5 Å². The normalized spacial score (nSPS) is 19.6. The number of hydrogen-bond donors (Lipinski definition) is 0. The zero-order valence-electron chi connectivity index (χ0n) is 13.6. The summed E-state index contributed by atoms with van der Waals surface area (Å²) in [4.78, 5) is 22.5. The second-order valence-electron chi connectivity index (χ2n) is 6.66. The summed E-state index contributed by atoms with van der Waals surface area (Å²) in [6.07, 6.45) is 0.991. The second-order valence-corrected chi connectivity index (χ2v) is 6.66. The third-order valence-electron chi connectivity index (χ3n) is 4.58. The Hall–Kier alpha value is -2.69. The van der Waals surface area contributed by atoms with E-state index in [0.29, 0.717) is 11.5 Å². The summed E-state index contributed by atoms with van der Waals surface area (Å²) in [5, 5.41) is 10.7. The molecule has 2 aromatic carbocycles. The number of esters is 1. The fourth-order valence-corrected chi connectivity index (χ4v) is 3.12. The predicted octanol–water partition coefficient (Wildman–Crippen LogP) is 4.33. The van der Waals surface area contributed by atoms with E-state index in [-0.39, 0.29) is 11.6 Å². The van der Waals surface area contributed by atoms with Crippen LogP contribution in [-0.4, -0.2) is 16.5 Å². The lowest BCUT2D eigenvalue weighted by atomic mass is 9.98. The van der Waals surface area contributed by atoms with Crippen LogP contribution in [0.1, 0.15) is 42.1 Å². The smallest absolute Gasteiger partial charge is 0.338 e. The third-order valence-corrected chi connectivity index (χ3v) is 4.58. The minimum Gasteiger partial charge on any atom is -0.456 e. The molecular formula is C19H19NO4. The van der Waals surface area contributed by atoms with Crippen LogP contribution in [0.25, 0.3) is 0 Å². The second kappa shape index (κ2) is 6.07. The number of nitro groups is 1. The van der Waals surface area contributed by atoms with Gasteiger partial charge in [0.1, 0.15) is 5.60 Å². The van der Waals surface area contributed by atoms with E-state index in [2.05, 4.69) is 12.1 Å². The van der Waals surface area contributed by atoms with Gasteiger partial charge in [0.15, 0.2) is 0 Å². The van der Waals surface area contributed by atoms with Gasteiger partial charge in [-0.15, -0.1) is 0 Å². The lowest BCUT2D eigenvalue weighted by molar-refractivity contribution is -0.384. The van der Waals surface area contributed by atoms with Crippen molar-refractivity contribution in [3.63, 3.8) is 0 Å². The quantitative estimate of drug-likeness (QED) is 0.466. The Bertz CT molecular complexity index is 753. The maximum Gasteiger partial charge on any atom is 0.338 e. The molecular weight excluding hydrogens is 306 g/mol. The third kappa shape index (κ3) is 3.30. The van der Waals surface area contributed by atoms with Crippen LogP contribution in [0.2, 0.25) is 0 Å². The van der Waals surface area contributed by atoms with Gasteiger partial charge >= 0.3 is 5.97 Å². The molecule has 0 N–H and O–H groups in total. The first kappa shape index (κ1) is 16.2. The Labute approximate surface area is 140 Å². The Kier molecular flexibility index (Phi) is 4.09. The number of carbonyl (C=O) groups excluding carboxylic acids is 1. The Morgan fingerprint density at radius 1 is 1.12 bits per heavy atom. The molecule has 1 saturated carbocycles. The molecule has 1 aliphatic carbocycles. The molecule has 0 bridgehead atoms. The van der Waals surface area contributed by atoms with Crippen LogP contribution in [0.4, 0.5) is 5.69 Å². The molecule has 0 amide bonds. The van der Waals surface area contributed by atoms with Crippen molar-refractivity contribution in [1.29, 1.82) is 0 Å². The first-order chi connectivity index (χ1) is 11.4. The van der Waals surface area contributed by atoms with Gasteiger partial charge in [-0.2, -0.15) is 0 Å². The van der Waals surface area contributed by atoms with Crippen LogP contribution >= 0.6 is 0 Å². The molecule has 2 aromatic rings. The molecule has 5 nitrogen and oxygen atoms in total. The van der Waals surface area contributed by atoms with Crippen LogP contribution in [0.3, 0.4) is 0 Å². The van der Waals surface area contributed by atoms with Crippen molar-refractivity contribution in [1.82, 2.24) is 0 Å². The van der Waals surface area contributed by atoms with E-state index in [1.807, 2.05) is 32.0 Å². The predicted molar refractivity (Wildman–Crippen MR) is 89.9 cm³/mol. The molecule has 24 heavy (non-hydrogen) atoms. The lowest BCUT2D eigenvalue weighted by Gasteiger charge is -2.26. The van der Waals surface area contributed by atoms with E-state index < -0.39 is 16.5 Å². The summed E-state index contributed by atoms with van der Waals surface area (Å²) in [6, 6.07) is 15.7. The van der Waals surface area contributed by atoms with Gasteiger partial charge in [-0.05, 0) is 43.9 Å². The number of rotatable bonds is 5. The Balaban J connectivity index is 1.66. The van der Waals surface area contributed by atoms with E-state index in [0.717, 1.165) is 6.42 Å². The summed E-state index contributed by atoms with van der Waals surface area (Å²) in [5.41, 5.74) is 0.962. The minimum atomic E-state index is -0.584. The summed E-state index contributed by atoms with van der Waals surface area (Å²) in [6.45, 7) is 3.84. The van der Waals surface area contributed by atoms with Gasteiger partial charge in [0.2, 0.25) is 0 Å². The molecule has 3 rings (SSSR count). The molecule has 0 aliphatic heterocycles. The number of non-ortho nitro benzene ring substituents is 1. The molecule has 1 aliphatic rings. The van der Waals surface area contributed by atoms with Crippen molar-refractivity contribution >= 4 is 11.7 Å². The lowest BCUT2D eigenvalue weighted by Crippen LogP contribution is -2.31. The zero-order chi connectivity index (χ0) is 17.3. The van der Waals surface area contributed by atoms with Crippen LogP contribution in [0.5, 0.6) is 0 Å². The Morgan fingerprint density at radius 2 is 1.75 bits per heavy atom. The van der Waals surface area contributed by atoms with Gasteiger partial charge in [-0.3, -0.25) is 10.1 Å². The van der Waals surface area contributed by atoms with Gasteiger partial charge in [0.05, 0.1) is 10.5 Å². The summed E-state index contributed by atoms with van der Waals surface area (Å²) >= 11 is 0. The summed E-state index contributed by atoms with van der Waals surface area (Å²) in [5.74, 6) is 0.237. The largest absolute Gasteiger partial charge is 0.456 e. The van der Waals surface area contributed by atoms with Gasteiger partial charge in [-0.25, -0.2) is 4.79 Å². The summed E-state index contributed by atoms with van der Waals surface area (Å²) in [7, 11) is 0. The Morgan fingerprint density at radius 3 is 2.33 bits per heavy atom. The SMILES string of the molecule is CC(C)(OC(=O)c1ccc([N+](=O)[O-])cc1)[C@@H]1C[C@H]1c1ccccc1. The van der Waals surface area contributed by atoms with Crippen LogP contribution in [-0.2, 0) is 4.74 Å². The molecule has 0 radical (unpaired) electrons. The maximum absolute atomic E-state index is 12.3. The first-order valence-electron chi connectivity index (χ1n) is 7.91. The van der Waals surface area contributed by atoms with Crippen molar-refractivity contribution in [2.75, 3.05) is 0 Å². The summed E-state index contributed by atoms with van der Waals surface area (Å²) < 4.78 is 5.69. The number of nitro benzene ring substituents is 1.